The van der Waals surface area contributed by atoms with Crippen LogP contribution in [0.3, 0.4) is 0 Å². The fraction of sp³-hybridized carbons (Fsp3) is 0.375. The Morgan fingerprint density at radius 2 is 1.95 bits per heavy atom. The Bertz CT molecular complexity index is 1660. The lowest BCUT2D eigenvalue weighted by Crippen LogP contribution is -2.39. The minimum atomic E-state index is -0.855. The van der Waals surface area contributed by atoms with Crippen LogP contribution in [0.5, 0.6) is 11.6 Å². The van der Waals surface area contributed by atoms with E-state index in [9.17, 15) is 14.3 Å². The van der Waals surface area contributed by atoms with Gasteiger partial charge in [-0.2, -0.15) is 5.26 Å². The molecule has 2 aromatic heterocycles. The highest BCUT2D eigenvalue weighted by Crippen LogP contribution is 2.25. The molecule has 0 spiro atoms. The first kappa shape index (κ1) is 28.6. The summed E-state index contributed by atoms with van der Waals surface area (Å²) in [6, 6.07) is 17.1. The van der Waals surface area contributed by atoms with Gasteiger partial charge in [0, 0.05) is 25.8 Å². The van der Waals surface area contributed by atoms with E-state index in [1.165, 1.54) is 12.1 Å². The molecule has 0 bridgehead atoms. The number of aromatic nitrogens is 3. The van der Waals surface area contributed by atoms with E-state index < -0.39 is 11.8 Å². The van der Waals surface area contributed by atoms with Crippen molar-refractivity contribution in [2.24, 2.45) is 0 Å². The van der Waals surface area contributed by atoms with Crippen LogP contribution in [0.4, 0.5) is 4.39 Å². The standard InChI is InChI=1S/C32H32FN5O5/c33-26-14-22(17-34)5-7-29(26)42-20-23-2-1-3-31(35-23)43-24-8-11-37(12-9-24)19-30-36-27-6-4-21(16-32(39)40)15-28(27)38(30)18-25-10-13-41-25/h1-7,14-15,24-25H,8-13,16,18-20H2,(H,39,40)/t25-/m0/s1. The second-order valence-electron chi connectivity index (χ2n) is 10.9. The van der Waals surface area contributed by atoms with Gasteiger partial charge in [0.25, 0.3) is 0 Å². The number of likely N-dealkylation sites (tertiary alicyclic amines) is 1. The summed E-state index contributed by atoms with van der Waals surface area (Å²) >= 11 is 0. The predicted octanol–water partition coefficient (Wildman–Crippen LogP) is 4.48. The second kappa shape index (κ2) is 12.8. The number of carbonyl (C=O) groups is 1. The van der Waals surface area contributed by atoms with Crippen LogP contribution >= 0.6 is 0 Å². The molecule has 0 amide bonds. The lowest BCUT2D eigenvalue weighted by Gasteiger charge is -2.32. The quantitative estimate of drug-likeness (QED) is 0.271. The fourth-order valence-electron chi connectivity index (χ4n) is 5.46. The highest BCUT2D eigenvalue weighted by molar-refractivity contribution is 5.79. The van der Waals surface area contributed by atoms with E-state index in [0.29, 0.717) is 24.7 Å². The van der Waals surface area contributed by atoms with Gasteiger partial charge in [-0.1, -0.05) is 12.1 Å². The summed E-state index contributed by atoms with van der Waals surface area (Å²) < 4.78 is 33.8. The normalized spacial score (nSPS) is 17.3. The second-order valence-corrected chi connectivity index (χ2v) is 10.9. The van der Waals surface area contributed by atoms with Crippen LogP contribution in [-0.2, 0) is 35.6 Å². The summed E-state index contributed by atoms with van der Waals surface area (Å²) in [4.78, 5) is 23.1. The number of carboxylic acids is 1. The molecule has 4 heterocycles. The number of hydrogen-bond donors (Lipinski definition) is 1. The summed E-state index contributed by atoms with van der Waals surface area (Å²) in [6.45, 7) is 3.89. The van der Waals surface area contributed by atoms with Gasteiger partial charge in [-0.05, 0) is 61.2 Å². The summed E-state index contributed by atoms with van der Waals surface area (Å²) in [5.74, 6) is 0.0681. The van der Waals surface area contributed by atoms with E-state index in [1.807, 2.05) is 36.4 Å². The molecule has 2 saturated heterocycles. The number of halogens is 1. The molecule has 1 atom stereocenters. The first-order chi connectivity index (χ1) is 20.9. The SMILES string of the molecule is N#Cc1ccc(OCc2cccc(OC3CCN(Cc4nc5ccc(CC(=O)O)cc5n4C[C@@H]4CCO4)CC3)n2)c(F)c1. The average molecular weight is 586 g/mol. The third-order valence-corrected chi connectivity index (χ3v) is 7.83. The van der Waals surface area contributed by atoms with Gasteiger partial charge in [0.05, 0.1) is 54.0 Å². The van der Waals surface area contributed by atoms with Gasteiger partial charge in [-0.3, -0.25) is 9.69 Å². The van der Waals surface area contributed by atoms with Gasteiger partial charge in [0.2, 0.25) is 5.88 Å². The summed E-state index contributed by atoms with van der Waals surface area (Å²) in [5, 5.41) is 18.2. The molecule has 2 aromatic carbocycles. The summed E-state index contributed by atoms with van der Waals surface area (Å²) in [6.07, 6.45) is 2.79. The Kier molecular flexibility index (Phi) is 8.49. The van der Waals surface area contributed by atoms with E-state index in [2.05, 4.69) is 14.5 Å². The topological polar surface area (TPSA) is 123 Å². The van der Waals surface area contributed by atoms with Crippen molar-refractivity contribution in [2.75, 3.05) is 19.7 Å². The molecule has 222 valence electrons. The first-order valence-corrected chi connectivity index (χ1v) is 14.4. The molecule has 10 nitrogen and oxygen atoms in total. The van der Waals surface area contributed by atoms with Crippen LogP contribution in [-0.4, -0.2) is 62.4 Å². The lowest BCUT2D eigenvalue weighted by molar-refractivity contribution is -0.136. The molecule has 1 N–H and O–H groups in total. The first-order valence-electron chi connectivity index (χ1n) is 14.4. The minimum Gasteiger partial charge on any atom is -0.484 e. The van der Waals surface area contributed by atoms with Gasteiger partial charge < -0.3 is 23.9 Å². The number of aliphatic carboxylic acids is 1. The van der Waals surface area contributed by atoms with Crippen LogP contribution in [0.1, 0.15) is 41.9 Å². The number of rotatable bonds is 11. The van der Waals surface area contributed by atoms with Crippen LogP contribution < -0.4 is 9.47 Å². The van der Waals surface area contributed by atoms with Crippen molar-refractivity contribution in [2.45, 2.75) is 57.6 Å². The zero-order chi connectivity index (χ0) is 29.8. The fourth-order valence-corrected chi connectivity index (χ4v) is 5.46. The van der Waals surface area contributed by atoms with Gasteiger partial charge in [-0.15, -0.1) is 0 Å². The number of fused-ring (bicyclic) bond motifs is 1. The van der Waals surface area contributed by atoms with Crippen molar-refractivity contribution in [3.63, 3.8) is 0 Å². The van der Waals surface area contributed by atoms with Crippen molar-refractivity contribution in [1.29, 1.82) is 5.26 Å². The van der Waals surface area contributed by atoms with Crippen LogP contribution in [0.2, 0.25) is 0 Å². The number of nitriles is 1. The molecule has 4 aromatic rings. The van der Waals surface area contributed by atoms with E-state index in [4.69, 9.17) is 24.5 Å². The monoisotopic (exact) mass is 585 g/mol. The third-order valence-electron chi connectivity index (χ3n) is 7.83. The molecular weight excluding hydrogens is 553 g/mol. The molecule has 0 unspecified atom stereocenters. The predicted molar refractivity (Wildman–Crippen MR) is 154 cm³/mol. The number of piperidine rings is 1. The van der Waals surface area contributed by atoms with Crippen LogP contribution in [0.15, 0.2) is 54.6 Å². The van der Waals surface area contributed by atoms with Crippen molar-refractivity contribution in [1.82, 2.24) is 19.4 Å². The van der Waals surface area contributed by atoms with E-state index >= 15 is 0 Å². The van der Waals surface area contributed by atoms with Gasteiger partial charge in [0.1, 0.15) is 18.5 Å². The number of benzene rings is 2. The zero-order valence-electron chi connectivity index (χ0n) is 23.6. The van der Waals surface area contributed by atoms with Crippen LogP contribution in [0, 0.1) is 17.1 Å². The molecule has 11 heteroatoms. The molecule has 0 saturated carbocycles. The molecule has 43 heavy (non-hydrogen) atoms. The van der Waals surface area contributed by atoms with E-state index in [1.54, 1.807) is 6.07 Å². The van der Waals surface area contributed by atoms with Crippen molar-refractivity contribution < 1.29 is 28.5 Å². The maximum absolute atomic E-state index is 14.1. The van der Waals surface area contributed by atoms with Gasteiger partial charge in [-0.25, -0.2) is 14.4 Å². The zero-order valence-corrected chi connectivity index (χ0v) is 23.6. The van der Waals surface area contributed by atoms with Crippen molar-refractivity contribution >= 4 is 17.0 Å². The number of pyridine rings is 1. The third kappa shape index (κ3) is 6.93. The molecule has 6 rings (SSSR count). The highest BCUT2D eigenvalue weighted by Gasteiger charge is 2.26. The average Bonchev–Trinajstić information content (AvgIpc) is 3.31. The Morgan fingerprint density at radius 1 is 1.12 bits per heavy atom. The van der Waals surface area contributed by atoms with Crippen molar-refractivity contribution in [3.05, 3.63) is 83.1 Å². The minimum absolute atomic E-state index is 0.0108. The van der Waals surface area contributed by atoms with Crippen LogP contribution in [0.25, 0.3) is 11.0 Å². The molecule has 2 aliphatic rings. The van der Waals surface area contributed by atoms with Crippen molar-refractivity contribution in [3.8, 4) is 17.7 Å². The smallest absolute Gasteiger partial charge is 0.307 e. The maximum Gasteiger partial charge on any atom is 0.307 e. The lowest BCUT2D eigenvalue weighted by atomic mass is 10.1. The maximum atomic E-state index is 14.1. The summed E-state index contributed by atoms with van der Waals surface area (Å²) in [5.41, 5.74) is 3.40. The molecule has 2 aliphatic heterocycles. The number of ether oxygens (including phenoxy) is 3. The van der Waals surface area contributed by atoms with Gasteiger partial charge in [0.15, 0.2) is 11.6 Å². The molecule has 2 fully saturated rings. The highest BCUT2D eigenvalue weighted by atomic mass is 19.1. The van der Waals surface area contributed by atoms with E-state index in [-0.39, 0.29) is 36.5 Å². The Hall–Kier alpha value is -4.53. The Labute approximate surface area is 248 Å². The molecule has 0 aliphatic carbocycles. The number of carboxylic acid groups (broad SMARTS) is 1. The molecular formula is C32H32FN5O5. The van der Waals surface area contributed by atoms with Gasteiger partial charge >= 0.3 is 5.97 Å². The summed E-state index contributed by atoms with van der Waals surface area (Å²) in [7, 11) is 0. The number of nitrogens with zero attached hydrogens (tertiary/aromatic N) is 5. The number of hydrogen-bond acceptors (Lipinski definition) is 8. The Morgan fingerprint density at radius 3 is 2.67 bits per heavy atom. The number of imidazole rings is 1. The van der Waals surface area contributed by atoms with E-state index in [0.717, 1.165) is 67.4 Å². The Balaban J connectivity index is 1.06. The molecule has 0 radical (unpaired) electrons. The largest absolute Gasteiger partial charge is 0.484 e.